The van der Waals surface area contributed by atoms with Gasteiger partial charge in [-0.05, 0) is 50.1 Å². The minimum absolute atomic E-state index is 0.0368. The van der Waals surface area contributed by atoms with Crippen LogP contribution in [0.25, 0.3) is 0 Å². The average Bonchev–Trinajstić information content (AvgIpc) is 3.69. The van der Waals surface area contributed by atoms with Crippen LogP contribution in [-0.4, -0.2) is 72.5 Å². The van der Waals surface area contributed by atoms with Crippen LogP contribution in [-0.2, 0) is 10.0 Å². The third-order valence-electron chi connectivity index (χ3n) is 6.39. The number of aromatic nitrogens is 1. The fourth-order valence-corrected chi connectivity index (χ4v) is 5.83. The zero-order chi connectivity index (χ0) is 25.2. The number of benzene rings is 1. The summed E-state index contributed by atoms with van der Waals surface area (Å²) in [6, 6.07) is 7.57. The van der Waals surface area contributed by atoms with Gasteiger partial charge < -0.3 is 14.7 Å². The third kappa shape index (κ3) is 5.67. The molecular weight excluding hydrogens is 466 g/mol. The fourth-order valence-electron chi connectivity index (χ4n) is 4.00. The molecule has 0 radical (unpaired) electrons. The Balaban J connectivity index is 1.69. The number of hydrogen-bond acceptors (Lipinski definition) is 6. The Morgan fingerprint density at radius 1 is 1.29 bits per heavy atom. The van der Waals surface area contributed by atoms with Crippen molar-refractivity contribution in [3.05, 3.63) is 53.9 Å². The lowest BCUT2D eigenvalue weighted by Gasteiger charge is -2.37. The van der Waals surface area contributed by atoms with E-state index in [1.165, 1.54) is 10.4 Å². The maximum absolute atomic E-state index is 13.6. The quantitative estimate of drug-likeness (QED) is 0.637. The van der Waals surface area contributed by atoms with Crippen LogP contribution in [0.15, 0.2) is 47.6 Å². The summed E-state index contributed by atoms with van der Waals surface area (Å²) in [5.41, 5.74) is 1.19. The van der Waals surface area contributed by atoms with Gasteiger partial charge in [-0.2, -0.15) is 4.31 Å². The summed E-state index contributed by atoms with van der Waals surface area (Å²) in [6.07, 6.45) is 4.83. The molecule has 2 aliphatic rings. The first-order chi connectivity index (χ1) is 16.7. The van der Waals surface area contributed by atoms with E-state index in [0.29, 0.717) is 17.0 Å². The topological polar surface area (TPSA) is 100 Å². The van der Waals surface area contributed by atoms with Crippen molar-refractivity contribution in [3.8, 4) is 17.6 Å². The molecule has 0 spiro atoms. The molecule has 186 valence electrons. The summed E-state index contributed by atoms with van der Waals surface area (Å²) in [5.74, 6) is 6.49. The molecule has 1 N–H and O–H groups in total. The van der Waals surface area contributed by atoms with Gasteiger partial charge >= 0.3 is 0 Å². The standard InChI is InChI=1S/C26H31N3O5S/c1-18-15-29(19(2)17-30)35(32,33)25-9-8-21(7-6-20-4-5-20)14-23(25)34-24(18)16-28(3)26(31)22-10-12-27-13-11-22/h8-14,18-20,24,30H,4-5,15-17H2,1-3H3/t18-,19+,24+/m0/s1. The predicted octanol–water partition coefficient (Wildman–Crippen LogP) is 2.38. The van der Waals surface area contributed by atoms with Gasteiger partial charge in [0.15, 0.2) is 0 Å². The Labute approximate surface area is 207 Å². The van der Waals surface area contributed by atoms with Gasteiger partial charge in [0.25, 0.3) is 5.91 Å². The third-order valence-corrected chi connectivity index (χ3v) is 8.41. The van der Waals surface area contributed by atoms with Crippen molar-refractivity contribution in [3.63, 3.8) is 0 Å². The van der Waals surface area contributed by atoms with Crippen LogP contribution >= 0.6 is 0 Å². The molecule has 3 atom stereocenters. The average molecular weight is 498 g/mol. The molecule has 8 nitrogen and oxygen atoms in total. The molecule has 1 saturated carbocycles. The number of carbonyl (C=O) groups is 1. The zero-order valence-electron chi connectivity index (χ0n) is 20.2. The molecule has 35 heavy (non-hydrogen) atoms. The van der Waals surface area contributed by atoms with Gasteiger partial charge in [-0.25, -0.2) is 8.42 Å². The summed E-state index contributed by atoms with van der Waals surface area (Å²) in [4.78, 5) is 18.5. The molecule has 2 heterocycles. The zero-order valence-corrected chi connectivity index (χ0v) is 21.0. The number of sulfonamides is 1. The number of aliphatic hydroxyl groups is 1. The second-order valence-corrected chi connectivity index (χ2v) is 11.2. The minimum atomic E-state index is -3.92. The molecule has 0 saturated heterocycles. The molecule has 9 heteroatoms. The number of ether oxygens (including phenoxy) is 1. The highest BCUT2D eigenvalue weighted by Crippen LogP contribution is 2.34. The molecule has 1 fully saturated rings. The van der Waals surface area contributed by atoms with Crippen molar-refractivity contribution in [2.75, 3.05) is 26.7 Å². The number of nitrogens with zero attached hydrogens (tertiary/aromatic N) is 3. The molecule has 1 aliphatic carbocycles. The Bertz CT molecular complexity index is 1230. The van der Waals surface area contributed by atoms with Crippen LogP contribution in [0.3, 0.4) is 0 Å². The van der Waals surface area contributed by atoms with Crippen LogP contribution < -0.4 is 4.74 Å². The molecule has 1 aromatic carbocycles. The number of likely N-dealkylation sites (N-methyl/N-ethyl adjacent to an activating group) is 1. The smallest absolute Gasteiger partial charge is 0.253 e. The molecular formula is C26H31N3O5S. The highest BCUT2D eigenvalue weighted by atomic mass is 32.2. The Kier molecular flexibility index (Phi) is 7.45. The number of hydrogen-bond donors (Lipinski definition) is 1. The molecule has 1 aliphatic heterocycles. The van der Waals surface area contributed by atoms with Crippen LogP contribution in [0.5, 0.6) is 5.75 Å². The van der Waals surface area contributed by atoms with Crippen molar-refractivity contribution >= 4 is 15.9 Å². The number of rotatable bonds is 5. The van der Waals surface area contributed by atoms with Gasteiger partial charge in [0.2, 0.25) is 10.0 Å². The van der Waals surface area contributed by atoms with E-state index in [2.05, 4.69) is 16.8 Å². The summed E-state index contributed by atoms with van der Waals surface area (Å²) < 4.78 is 34.8. The lowest BCUT2D eigenvalue weighted by molar-refractivity contribution is 0.0563. The summed E-state index contributed by atoms with van der Waals surface area (Å²) in [6.45, 7) is 3.66. The Morgan fingerprint density at radius 3 is 2.66 bits per heavy atom. The van der Waals surface area contributed by atoms with Gasteiger partial charge in [-0.3, -0.25) is 9.78 Å². The lowest BCUT2D eigenvalue weighted by Crippen LogP contribution is -2.50. The first-order valence-electron chi connectivity index (χ1n) is 11.8. The van der Waals surface area contributed by atoms with Gasteiger partial charge in [0.1, 0.15) is 16.7 Å². The van der Waals surface area contributed by atoms with Crippen molar-refractivity contribution < 1.29 is 23.1 Å². The predicted molar refractivity (Wildman–Crippen MR) is 131 cm³/mol. The van der Waals surface area contributed by atoms with Crippen LogP contribution in [0.1, 0.15) is 42.6 Å². The van der Waals surface area contributed by atoms with Crippen molar-refractivity contribution in [2.45, 2.75) is 43.7 Å². The van der Waals surface area contributed by atoms with Crippen molar-refractivity contribution in [1.82, 2.24) is 14.2 Å². The van der Waals surface area contributed by atoms with Gasteiger partial charge in [-0.15, -0.1) is 0 Å². The molecule has 2 aromatic rings. The summed E-state index contributed by atoms with van der Waals surface area (Å²) >= 11 is 0. The van der Waals surface area contributed by atoms with E-state index in [1.54, 1.807) is 55.5 Å². The van der Waals surface area contributed by atoms with Crippen LogP contribution in [0.4, 0.5) is 0 Å². The van der Waals surface area contributed by atoms with Gasteiger partial charge in [-0.1, -0.05) is 18.8 Å². The normalized spacial score (nSPS) is 22.4. The van der Waals surface area contributed by atoms with E-state index in [-0.39, 0.29) is 42.2 Å². The Hall–Kier alpha value is -2.93. The highest BCUT2D eigenvalue weighted by molar-refractivity contribution is 7.89. The van der Waals surface area contributed by atoms with E-state index in [4.69, 9.17) is 4.74 Å². The summed E-state index contributed by atoms with van der Waals surface area (Å²) in [5, 5.41) is 9.78. The lowest BCUT2D eigenvalue weighted by atomic mass is 10.0. The Morgan fingerprint density at radius 2 is 2.00 bits per heavy atom. The maximum Gasteiger partial charge on any atom is 0.253 e. The van der Waals surface area contributed by atoms with Crippen molar-refractivity contribution in [1.29, 1.82) is 0 Å². The van der Waals surface area contributed by atoms with E-state index in [1.807, 2.05) is 6.92 Å². The summed E-state index contributed by atoms with van der Waals surface area (Å²) in [7, 11) is -2.23. The van der Waals surface area contributed by atoms with Crippen molar-refractivity contribution in [2.24, 2.45) is 11.8 Å². The monoisotopic (exact) mass is 497 g/mol. The molecule has 0 unspecified atom stereocenters. The molecule has 4 rings (SSSR count). The fraction of sp³-hybridized carbons (Fsp3) is 0.462. The SMILES string of the molecule is C[C@H](CO)N1C[C@H](C)[C@@H](CN(C)C(=O)c2ccncc2)Oc2cc(C#CC3CC3)ccc2S1(=O)=O. The number of aliphatic hydroxyl groups excluding tert-OH is 1. The second kappa shape index (κ2) is 10.4. The molecule has 0 bridgehead atoms. The van der Waals surface area contributed by atoms with E-state index >= 15 is 0 Å². The minimum Gasteiger partial charge on any atom is -0.487 e. The number of fused-ring (bicyclic) bond motifs is 1. The van der Waals surface area contributed by atoms with Crippen LogP contribution in [0, 0.1) is 23.7 Å². The first kappa shape index (κ1) is 25.2. The number of amides is 1. The van der Waals surface area contributed by atoms with E-state index in [0.717, 1.165) is 12.8 Å². The van der Waals surface area contributed by atoms with Gasteiger partial charge in [0.05, 0.1) is 13.2 Å². The second-order valence-electron chi connectivity index (χ2n) is 9.37. The molecule has 1 amide bonds. The van der Waals surface area contributed by atoms with E-state index in [9.17, 15) is 18.3 Å². The van der Waals surface area contributed by atoms with Gasteiger partial charge in [0, 0.05) is 55.0 Å². The van der Waals surface area contributed by atoms with E-state index < -0.39 is 22.2 Å². The maximum atomic E-state index is 13.6. The number of pyridine rings is 1. The first-order valence-corrected chi connectivity index (χ1v) is 13.2. The highest BCUT2D eigenvalue weighted by Gasteiger charge is 2.38. The number of carbonyl (C=O) groups excluding carboxylic acids is 1. The molecule has 1 aromatic heterocycles. The van der Waals surface area contributed by atoms with Crippen LogP contribution in [0.2, 0.25) is 0 Å². The largest absolute Gasteiger partial charge is 0.487 e.